The Bertz CT molecular complexity index is 360. The standard InChI is InChI=1S/C12H20N2O4/c1-12(4-2-3-9(12)13)11(17)14-5-6-18-7-8(14)10(15)16/h8-9H,2-7,13H2,1H3,(H,15,16). The molecular weight excluding hydrogens is 236 g/mol. The molecule has 0 aromatic carbocycles. The van der Waals surface area contributed by atoms with Crippen LogP contribution in [-0.2, 0) is 14.3 Å². The summed E-state index contributed by atoms with van der Waals surface area (Å²) in [5.41, 5.74) is 5.40. The van der Waals surface area contributed by atoms with E-state index in [-0.39, 0.29) is 18.6 Å². The second-order valence-corrected chi connectivity index (χ2v) is 5.34. The third-order valence-electron chi connectivity index (χ3n) is 4.19. The van der Waals surface area contributed by atoms with Gasteiger partial charge in [0.15, 0.2) is 6.04 Å². The third kappa shape index (κ3) is 2.10. The van der Waals surface area contributed by atoms with Crippen molar-refractivity contribution in [3.05, 3.63) is 0 Å². The lowest BCUT2D eigenvalue weighted by atomic mass is 9.83. The maximum atomic E-state index is 12.6. The van der Waals surface area contributed by atoms with Gasteiger partial charge in [0.2, 0.25) is 5.91 Å². The average Bonchev–Trinajstić information content (AvgIpc) is 2.70. The summed E-state index contributed by atoms with van der Waals surface area (Å²) in [4.78, 5) is 25.2. The summed E-state index contributed by atoms with van der Waals surface area (Å²) in [5.74, 6) is -1.15. The van der Waals surface area contributed by atoms with E-state index in [1.54, 1.807) is 0 Å². The molecule has 0 radical (unpaired) electrons. The van der Waals surface area contributed by atoms with E-state index in [1.807, 2.05) is 6.92 Å². The van der Waals surface area contributed by atoms with Crippen molar-refractivity contribution in [1.29, 1.82) is 0 Å². The summed E-state index contributed by atoms with van der Waals surface area (Å²) in [6.07, 6.45) is 2.48. The average molecular weight is 256 g/mol. The molecule has 3 N–H and O–H groups in total. The van der Waals surface area contributed by atoms with Crippen molar-refractivity contribution in [2.75, 3.05) is 19.8 Å². The van der Waals surface area contributed by atoms with Gasteiger partial charge >= 0.3 is 5.97 Å². The predicted octanol–water partition coefficient (Wildman–Crippen LogP) is -0.184. The Kier molecular flexibility index (Phi) is 3.59. The van der Waals surface area contributed by atoms with Gasteiger partial charge in [-0.1, -0.05) is 6.42 Å². The molecule has 1 aliphatic heterocycles. The molecule has 6 nitrogen and oxygen atoms in total. The second kappa shape index (κ2) is 4.85. The van der Waals surface area contributed by atoms with E-state index in [4.69, 9.17) is 15.6 Å². The third-order valence-corrected chi connectivity index (χ3v) is 4.19. The number of aliphatic carboxylic acids is 1. The highest BCUT2D eigenvalue weighted by Crippen LogP contribution is 2.39. The van der Waals surface area contributed by atoms with Crippen molar-refractivity contribution >= 4 is 11.9 Å². The van der Waals surface area contributed by atoms with E-state index in [0.29, 0.717) is 13.2 Å². The first-order valence-electron chi connectivity index (χ1n) is 6.34. The molecule has 1 aliphatic carbocycles. The lowest BCUT2D eigenvalue weighted by Gasteiger charge is -2.39. The van der Waals surface area contributed by atoms with Gasteiger partial charge < -0.3 is 20.5 Å². The fourth-order valence-corrected chi connectivity index (χ4v) is 2.84. The summed E-state index contributed by atoms with van der Waals surface area (Å²) in [6, 6.07) is -1.06. The highest BCUT2D eigenvalue weighted by atomic mass is 16.5. The van der Waals surface area contributed by atoms with Crippen LogP contribution in [0.15, 0.2) is 0 Å². The van der Waals surface area contributed by atoms with Crippen LogP contribution in [0.1, 0.15) is 26.2 Å². The monoisotopic (exact) mass is 256 g/mol. The minimum Gasteiger partial charge on any atom is -0.480 e. The summed E-state index contributed by atoms with van der Waals surface area (Å²) in [6.45, 7) is 2.63. The van der Waals surface area contributed by atoms with Gasteiger partial charge in [-0.3, -0.25) is 4.79 Å². The number of nitrogens with zero attached hydrogens (tertiary/aromatic N) is 1. The summed E-state index contributed by atoms with van der Waals surface area (Å²) in [7, 11) is 0. The molecule has 1 saturated heterocycles. The van der Waals surface area contributed by atoms with Crippen molar-refractivity contribution in [2.24, 2.45) is 11.1 Å². The number of carboxylic acids is 1. The molecule has 3 atom stereocenters. The van der Waals surface area contributed by atoms with Gasteiger partial charge in [0, 0.05) is 12.6 Å². The number of morpholine rings is 1. The van der Waals surface area contributed by atoms with Crippen LogP contribution in [0.5, 0.6) is 0 Å². The number of hydrogen-bond donors (Lipinski definition) is 2. The molecule has 1 saturated carbocycles. The SMILES string of the molecule is CC1(C(=O)N2CCOCC2C(=O)O)CCCC1N. The molecule has 0 aromatic rings. The maximum Gasteiger partial charge on any atom is 0.328 e. The van der Waals surface area contributed by atoms with Gasteiger partial charge in [-0.05, 0) is 19.8 Å². The number of nitrogens with two attached hydrogens (primary N) is 1. The molecular formula is C12H20N2O4. The van der Waals surface area contributed by atoms with E-state index < -0.39 is 17.4 Å². The first-order chi connectivity index (χ1) is 8.47. The van der Waals surface area contributed by atoms with E-state index in [9.17, 15) is 9.59 Å². The van der Waals surface area contributed by atoms with Gasteiger partial charge in [-0.2, -0.15) is 0 Å². The van der Waals surface area contributed by atoms with Crippen LogP contribution < -0.4 is 5.73 Å². The van der Waals surface area contributed by atoms with Crippen LogP contribution in [0.25, 0.3) is 0 Å². The highest BCUT2D eigenvalue weighted by Gasteiger charge is 2.48. The van der Waals surface area contributed by atoms with Crippen molar-refractivity contribution in [1.82, 2.24) is 4.90 Å². The number of ether oxygens (including phenoxy) is 1. The molecule has 3 unspecified atom stereocenters. The number of amides is 1. The zero-order valence-corrected chi connectivity index (χ0v) is 10.6. The summed E-state index contributed by atoms with van der Waals surface area (Å²) < 4.78 is 5.14. The zero-order valence-electron chi connectivity index (χ0n) is 10.6. The van der Waals surface area contributed by atoms with Crippen LogP contribution >= 0.6 is 0 Å². The highest BCUT2D eigenvalue weighted by molar-refractivity contribution is 5.88. The smallest absolute Gasteiger partial charge is 0.328 e. The topological polar surface area (TPSA) is 92.9 Å². The lowest BCUT2D eigenvalue weighted by molar-refractivity contribution is -0.163. The maximum absolute atomic E-state index is 12.6. The Morgan fingerprint density at radius 2 is 2.22 bits per heavy atom. The van der Waals surface area contributed by atoms with E-state index in [0.717, 1.165) is 19.3 Å². The Balaban J connectivity index is 2.18. The first-order valence-corrected chi connectivity index (χ1v) is 6.34. The zero-order chi connectivity index (χ0) is 13.3. The van der Waals surface area contributed by atoms with Crippen LogP contribution in [0.2, 0.25) is 0 Å². The van der Waals surface area contributed by atoms with Gasteiger partial charge in [0.05, 0.1) is 18.6 Å². The number of carbonyl (C=O) groups excluding carboxylic acids is 1. The predicted molar refractivity (Wildman–Crippen MR) is 63.9 cm³/mol. The molecule has 102 valence electrons. The Labute approximate surface area is 106 Å². The van der Waals surface area contributed by atoms with Crippen molar-refractivity contribution in [3.8, 4) is 0 Å². The Morgan fingerprint density at radius 3 is 2.78 bits per heavy atom. The molecule has 0 bridgehead atoms. The quantitative estimate of drug-likeness (QED) is 0.714. The fraction of sp³-hybridized carbons (Fsp3) is 0.833. The lowest BCUT2D eigenvalue weighted by Crippen LogP contribution is -2.58. The van der Waals surface area contributed by atoms with E-state index in [1.165, 1.54) is 4.90 Å². The van der Waals surface area contributed by atoms with Crippen molar-refractivity contribution < 1.29 is 19.4 Å². The van der Waals surface area contributed by atoms with Crippen LogP contribution in [0.4, 0.5) is 0 Å². The number of carboxylic acid groups (broad SMARTS) is 1. The van der Waals surface area contributed by atoms with Gasteiger partial charge in [-0.25, -0.2) is 4.79 Å². The fourth-order valence-electron chi connectivity index (χ4n) is 2.84. The number of carbonyl (C=O) groups is 2. The molecule has 18 heavy (non-hydrogen) atoms. The Hall–Kier alpha value is -1.14. The molecule has 2 rings (SSSR count). The van der Waals surface area contributed by atoms with Crippen LogP contribution in [0.3, 0.4) is 0 Å². The normalized spacial score (nSPS) is 36.7. The first kappa shape index (κ1) is 13.3. The molecule has 2 fully saturated rings. The molecule has 2 aliphatic rings. The molecule has 1 heterocycles. The second-order valence-electron chi connectivity index (χ2n) is 5.34. The Morgan fingerprint density at radius 1 is 1.50 bits per heavy atom. The van der Waals surface area contributed by atoms with Crippen molar-refractivity contribution in [3.63, 3.8) is 0 Å². The summed E-state index contributed by atoms with van der Waals surface area (Å²) in [5, 5.41) is 9.15. The van der Waals surface area contributed by atoms with Crippen molar-refractivity contribution in [2.45, 2.75) is 38.3 Å². The number of rotatable bonds is 2. The minimum absolute atomic E-state index is 0.0619. The van der Waals surface area contributed by atoms with Gasteiger partial charge in [-0.15, -0.1) is 0 Å². The molecule has 0 aromatic heterocycles. The van der Waals surface area contributed by atoms with Gasteiger partial charge in [0.1, 0.15) is 0 Å². The van der Waals surface area contributed by atoms with Crippen LogP contribution in [0, 0.1) is 5.41 Å². The number of hydrogen-bond acceptors (Lipinski definition) is 4. The van der Waals surface area contributed by atoms with Crippen LogP contribution in [-0.4, -0.2) is 53.7 Å². The van der Waals surface area contributed by atoms with E-state index >= 15 is 0 Å². The molecule has 6 heteroatoms. The summed E-state index contributed by atoms with van der Waals surface area (Å²) >= 11 is 0. The minimum atomic E-state index is -1.02. The molecule has 0 spiro atoms. The van der Waals surface area contributed by atoms with E-state index in [2.05, 4.69) is 0 Å². The van der Waals surface area contributed by atoms with Gasteiger partial charge in [0.25, 0.3) is 0 Å². The molecule has 1 amide bonds. The largest absolute Gasteiger partial charge is 0.480 e.